The maximum Gasteiger partial charge on any atom is 0.228 e. The maximum atomic E-state index is 13.4. The predicted octanol–water partition coefficient (Wildman–Crippen LogP) is 4.97. The van der Waals surface area contributed by atoms with Gasteiger partial charge in [-0.2, -0.15) is 0 Å². The molecule has 166 valence electrons. The number of likely N-dealkylation sites (tertiary alicyclic amines) is 1. The molecule has 4 heteroatoms. The topological polar surface area (TPSA) is 36.4 Å². The summed E-state index contributed by atoms with van der Waals surface area (Å²) in [6, 6.07) is 23.3. The van der Waals surface area contributed by atoms with Gasteiger partial charge in [-0.05, 0) is 73.7 Å². The van der Waals surface area contributed by atoms with Crippen molar-refractivity contribution < 1.29 is 4.79 Å². The smallest absolute Gasteiger partial charge is 0.228 e. The highest BCUT2D eigenvalue weighted by atomic mass is 16.2. The van der Waals surface area contributed by atoms with Crippen LogP contribution in [-0.4, -0.2) is 47.9 Å². The molecule has 0 aliphatic carbocycles. The highest BCUT2D eigenvalue weighted by Gasteiger charge is 2.42. The van der Waals surface area contributed by atoms with Crippen molar-refractivity contribution in [3.8, 4) is 11.1 Å². The van der Waals surface area contributed by atoms with E-state index in [0.717, 1.165) is 44.6 Å². The molecule has 0 radical (unpaired) electrons. The normalized spacial score (nSPS) is 16.0. The van der Waals surface area contributed by atoms with E-state index >= 15 is 0 Å². The van der Waals surface area contributed by atoms with E-state index in [1.165, 1.54) is 22.3 Å². The summed E-state index contributed by atoms with van der Waals surface area (Å²) >= 11 is 0. The van der Waals surface area contributed by atoms with Crippen molar-refractivity contribution in [1.82, 2.24) is 14.8 Å². The molecule has 4 nitrogen and oxygen atoms in total. The molecule has 0 saturated carbocycles. The SMILES string of the molecule is Cc1ccccc1-c1cccc(CC2(C(=O)N(C)C)CCN(Cc3ccccn3)CC2)c1. The molecular weight excluding hydrogens is 394 g/mol. The molecule has 1 aliphatic rings. The van der Waals surface area contributed by atoms with Crippen molar-refractivity contribution in [3.05, 3.63) is 89.7 Å². The van der Waals surface area contributed by atoms with Gasteiger partial charge in [0.1, 0.15) is 0 Å². The van der Waals surface area contributed by atoms with Crippen LogP contribution in [0.4, 0.5) is 0 Å². The first-order valence-electron chi connectivity index (χ1n) is 11.5. The number of piperidine rings is 1. The second kappa shape index (κ2) is 9.66. The van der Waals surface area contributed by atoms with Crippen molar-refractivity contribution in [2.45, 2.75) is 32.7 Å². The molecule has 32 heavy (non-hydrogen) atoms. The Morgan fingerprint density at radius 3 is 2.44 bits per heavy atom. The predicted molar refractivity (Wildman–Crippen MR) is 130 cm³/mol. The fourth-order valence-corrected chi connectivity index (χ4v) is 4.94. The number of aryl methyl sites for hydroxylation is 1. The molecule has 0 spiro atoms. The fourth-order valence-electron chi connectivity index (χ4n) is 4.94. The molecular formula is C28H33N3O. The molecule has 2 heterocycles. The summed E-state index contributed by atoms with van der Waals surface area (Å²) in [4.78, 5) is 22.1. The van der Waals surface area contributed by atoms with Gasteiger partial charge in [-0.1, -0.05) is 54.6 Å². The third kappa shape index (κ3) is 4.91. The van der Waals surface area contributed by atoms with Gasteiger partial charge in [0.25, 0.3) is 0 Å². The Bertz CT molecular complexity index is 1050. The summed E-state index contributed by atoms with van der Waals surface area (Å²) in [5, 5.41) is 0. The highest BCUT2D eigenvalue weighted by molar-refractivity contribution is 5.83. The molecule has 0 bridgehead atoms. The summed E-state index contributed by atoms with van der Waals surface area (Å²) in [6.45, 7) is 4.81. The third-order valence-electron chi connectivity index (χ3n) is 6.71. The minimum absolute atomic E-state index is 0.247. The van der Waals surface area contributed by atoms with Crippen LogP contribution < -0.4 is 0 Å². The zero-order valence-corrected chi connectivity index (χ0v) is 19.4. The Kier molecular flexibility index (Phi) is 6.71. The van der Waals surface area contributed by atoms with Crippen LogP contribution in [0.3, 0.4) is 0 Å². The number of hydrogen-bond acceptors (Lipinski definition) is 3. The van der Waals surface area contributed by atoms with Crippen LogP contribution in [0.2, 0.25) is 0 Å². The van der Waals surface area contributed by atoms with E-state index in [-0.39, 0.29) is 11.3 Å². The molecule has 0 unspecified atom stereocenters. The van der Waals surface area contributed by atoms with Crippen LogP contribution in [0.15, 0.2) is 72.9 Å². The zero-order valence-electron chi connectivity index (χ0n) is 19.4. The molecule has 1 fully saturated rings. The minimum Gasteiger partial charge on any atom is -0.348 e. The average Bonchev–Trinajstić information content (AvgIpc) is 2.81. The third-order valence-corrected chi connectivity index (χ3v) is 6.71. The van der Waals surface area contributed by atoms with Gasteiger partial charge in [0, 0.05) is 26.8 Å². The lowest BCUT2D eigenvalue weighted by molar-refractivity contribution is -0.142. The van der Waals surface area contributed by atoms with Crippen molar-refractivity contribution in [3.63, 3.8) is 0 Å². The van der Waals surface area contributed by atoms with E-state index in [9.17, 15) is 4.79 Å². The fraction of sp³-hybridized carbons (Fsp3) is 0.357. The molecule has 2 aromatic carbocycles. The van der Waals surface area contributed by atoms with Gasteiger partial charge in [0.05, 0.1) is 11.1 Å². The van der Waals surface area contributed by atoms with Gasteiger partial charge in [0.15, 0.2) is 0 Å². The van der Waals surface area contributed by atoms with Crippen molar-refractivity contribution >= 4 is 5.91 Å². The largest absolute Gasteiger partial charge is 0.348 e. The summed E-state index contributed by atoms with van der Waals surface area (Å²) in [7, 11) is 3.77. The first kappa shape index (κ1) is 22.2. The Hall–Kier alpha value is -2.98. The molecule has 0 N–H and O–H groups in total. The highest BCUT2D eigenvalue weighted by Crippen LogP contribution is 2.38. The van der Waals surface area contributed by atoms with Crippen LogP contribution in [0.25, 0.3) is 11.1 Å². The summed E-state index contributed by atoms with van der Waals surface area (Å²) in [5.41, 5.74) is 5.72. The van der Waals surface area contributed by atoms with Crippen molar-refractivity contribution in [1.29, 1.82) is 0 Å². The average molecular weight is 428 g/mol. The molecule has 3 aromatic rings. The minimum atomic E-state index is -0.353. The molecule has 0 atom stereocenters. The van der Waals surface area contributed by atoms with E-state index in [1.54, 1.807) is 4.90 Å². The van der Waals surface area contributed by atoms with Crippen LogP contribution in [0, 0.1) is 12.3 Å². The number of aromatic nitrogens is 1. The lowest BCUT2D eigenvalue weighted by Crippen LogP contribution is -2.49. The second-order valence-corrected chi connectivity index (χ2v) is 9.27. The maximum absolute atomic E-state index is 13.4. The van der Waals surface area contributed by atoms with Gasteiger partial charge < -0.3 is 4.90 Å². The standard InChI is InChI=1S/C28H33N3O/c1-22-9-4-5-13-26(22)24-11-8-10-23(19-24)20-28(27(32)30(2)3)14-17-31(18-15-28)21-25-12-6-7-16-29-25/h4-13,16,19H,14-15,17-18,20-21H2,1-3H3. The zero-order chi connectivity index (χ0) is 22.6. The first-order valence-corrected chi connectivity index (χ1v) is 11.5. The molecule has 1 aromatic heterocycles. The summed E-state index contributed by atoms with van der Waals surface area (Å²) in [5.74, 6) is 0.247. The number of carbonyl (C=O) groups is 1. The molecule has 1 saturated heterocycles. The van der Waals surface area contributed by atoms with E-state index in [2.05, 4.69) is 71.4 Å². The summed E-state index contributed by atoms with van der Waals surface area (Å²) < 4.78 is 0. The van der Waals surface area contributed by atoms with Crippen LogP contribution in [0.5, 0.6) is 0 Å². The van der Waals surface area contributed by atoms with Gasteiger partial charge in [-0.3, -0.25) is 14.7 Å². The summed E-state index contributed by atoms with van der Waals surface area (Å²) in [6.07, 6.45) is 4.36. The van der Waals surface area contributed by atoms with E-state index in [0.29, 0.717) is 0 Å². The lowest BCUT2D eigenvalue weighted by atomic mass is 9.72. The Morgan fingerprint density at radius 1 is 1.00 bits per heavy atom. The van der Waals surface area contributed by atoms with E-state index in [4.69, 9.17) is 0 Å². The number of pyridine rings is 1. The number of hydrogen-bond donors (Lipinski definition) is 0. The van der Waals surface area contributed by atoms with Gasteiger partial charge in [-0.15, -0.1) is 0 Å². The van der Waals surface area contributed by atoms with Gasteiger partial charge in [0.2, 0.25) is 5.91 Å². The number of nitrogens with zero attached hydrogens (tertiary/aromatic N) is 3. The van der Waals surface area contributed by atoms with E-state index in [1.807, 2.05) is 32.4 Å². The molecule has 1 aliphatic heterocycles. The first-order chi connectivity index (χ1) is 15.5. The number of amides is 1. The Labute approximate surface area is 191 Å². The van der Waals surface area contributed by atoms with Gasteiger partial charge in [-0.25, -0.2) is 0 Å². The lowest BCUT2D eigenvalue weighted by Gasteiger charge is -2.42. The number of rotatable bonds is 6. The van der Waals surface area contributed by atoms with Gasteiger partial charge >= 0.3 is 0 Å². The second-order valence-electron chi connectivity index (χ2n) is 9.27. The monoisotopic (exact) mass is 427 g/mol. The molecule has 4 rings (SSSR count). The van der Waals surface area contributed by atoms with Crippen molar-refractivity contribution in [2.24, 2.45) is 5.41 Å². The van der Waals surface area contributed by atoms with Crippen LogP contribution in [0.1, 0.15) is 29.7 Å². The Morgan fingerprint density at radius 2 is 1.75 bits per heavy atom. The Balaban J connectivity index is 1.54. The molecule has 1 amide bonds. The van der Waals surface area contributed by atoms with Crippen LogP contribution >= 0.6 is 0 Å². The number of carbonyl (C=O) groups excluding carboxylic acids is 1. The quantitative estimate of drug-likeness (QED) is 0.557. The number of benzene rings is 2. The van der Waals surface area contributed by atoms with E-state index < -0.39 is 0 Å². The van der Waals surface area contributed by atoms with Crippen LogP contribution in [-0.2, 0) is 17.8 Å². The van der Waals surface area contributed by atoms with Crippen molar-refractivity contribution in [2.75, 3.05) is 27.2 Å².